The first-order valence-electron chi connectivity index (χ1n) is 16.5. The summed E-state index contributed by atoms with van der Waals surface area (Å²) in [5.41, 5.74) is 13.0. The number of hydrogen-bond donors (Lipinski definition) is 0. The summed E-state index contributed by atoms with van der Waals surface area (Å²) < 4.78 is 9.16. The molecule has 0 unspecified atom stereocenters. The van der Waals surface area contributed by atoms with E-state index in [9.17, 15) is 0 Å². The van der Waals surface area contributed by atoms with E-state index in [1.54, 1.807) is 0 Å². The van der Waals surface area contributed by atoms with Crippen molar-refractivity contribution in [3.05, 3.63) is 163 Å². The van der Waals surface area contributed by atoms with Gasteiger partial charge in [-0.15, -0.1) is 11.3 Å². The van der Waals surface area contributed by atoms with Crippen LogP contribution in [0.4, 0.5) is 17.1 Å². The number of nitrogens with zero attached hydrogens (tertiary/aromatic N) is 1. The van der Waals surface area contributed by atoms with Gasteiger partial charge in [0.1, 0.15) is 5.58 Å². The summed E-state index contributed by atoms with van der Waals surface area (Å²) in [6, 6.07) is 55.0. The van der Waals surface area contributed by atoms with Crippen LogP contribution >= 0.6 is 11.3 Å². The molecule has 0 bridgehead atoms. The van der Waals surface area contributed by atoms with Gasteiger partial charge in [-0.2, -0.15) is 0 Å². The Morgan fingerprint density at radius 2 is 1.15 bits per heavy atom. The SMILES string of the molecule is CC1(C)c2cc(-c3cc4c5ccccc5sc4c4oc5ccccc5c34)ccc2-c2ccc(N(c3ccccc3)c3ccccc3)cc21. The van der Waals surface area contributed by atoms with Crippen LogP contribution in [0, 0.1) is 0 Å². The van der Waals surface area contributed by atoms with Crippen LogP contribution in [0.25, 0.3) is 64.4 Å². The molecule has 2 nitrogen and oxygen atoms in total. The van der Waals surface area contributed by atoms with Gasteiger partial charge in [0.2, 0.25) is 0 Å². The maximum absolute atomic E-state index is 6.66. The largest absolute Gasteiger partial charge is 0.455 e. The van der Waals surface area contributed by atoms with Gasteiger partial charge in [-0.05, 0) is 94.0 Å². The Morgan fingerprint density at radius 3 is 1.90 bits per heavy atom. The van der Waals surface area contributed by atoms with E-state index in [4.69, 9.17) is 4.42 Å². The number of furan rings is 1. The zero-order valence-corrected chi connectivity index (χ0v) is 27.5. The summed E-state index contributed by atoms with van der Waals surface area (Å²) in [5.74, 6) is 0. The van der Waals surface area contributed by atoms with E-state index in [0.29, 0.717) is 0 Å². The lowest BCUT2D eigenvalue weighted by Crippen LogP contribution is -2.16. The van der Waals surface area contributed by atoms with E-state index in [0.717, 1.165) is 33.6 Å². The first-order valence-corrected chi connectivity index (χ1v) is 17.3. The molecule has 1 aliphatic rings. The molecular formula is C45H31NOS. The Balaban J connectivity index is 1.16. The molecule has 0 N–H and O–H groups in total. The molecule has 7 aromatic carbocycles. The highest BCUT2D eigenvalue weighted by Gasteiger charge is 2.36. The zero-order valence-electron chi connectivity index (χ0n) is 26.7. The van der Waals surface area contributed by atoms with Gasteiger partial charge >= 0.3 is 0 Å². The molecule has 48 heavy (non-hydrogen) atoms. The van der Waals surface area contributed by atoms with E-state index in [1.165, 1.54) is 58.9 Å². The average Bonchev–Trinajstić information content (AvgIpc) is 3.77. The fourth-order valence-corrected chi connectivity index (χ4v) is 9.10. The first kappa shape index (κ1) is 27.5. The van der Waals surface area contributed by atoms with Gasteiger partial charge < -0.3 is 9.32 Å². The number of thiophene rings is 1. The molecule has 0 aliphatic heterocycles. The van der Waals surface area contributed by atoms with Crippen LogP contribution in [0.2, 0.25) is 0 Å². The number of fused-ring (bicyclic) bond motifs is 10. The summed E-state index contributed by atoms with van der Waals surface area (Å²) in [4.78, 5) is 2.35. The Hall–Kier alpha value is -5.64. The minimum absolute atomic E-state index is 0.188. The second kappa shape index (κ2) is 10.2. The molecule has 228 valence electrons. The Labute approximate surface area is 283 Å². The van der Waals surface area contributed by atoms with Crippen LogP contribution in [0.15, 0.2) is 156 Å². The highest BCUT2D eigenvalue weighted by molar-refractivity contribution is 7.26. The Kier molecular flexibility index (Phi) is 5.82. The summed E-state index contributed by atoms with van der Waals surface area (Å²) in [7, 11) is 0. The lowest BCUT2D eigenvalue weighted by Gasteiger charge is -2.28. The molecule has 2 heterocycles. The monoisotopic (exact) mass is 633 g/mol. The van der Waals surface area contributed by atoms with Gasteiger partial charge in [-0.1, -0.05) is 105 Å². The molecule has 0 spiro atoms. The van der Waals surface area contributed by atoms with E-state index >= 15 is 0 Å². The zero-order chi connectivity index (χ0) is 32.0. The maximum Gasteiger partial charge on any atom is 0.153 e. The van der Waals surface area contributed by atoms with Crippen molar-refractivity contribution in [2.24, 2.45) is 0 Å². The van der Waals surface area contributed by atoms with Crippen molar-refractivity contribution in [3.8, 4) is 22.3 Å². The van der Waals surface area contributed by atoms with E-state index in [1.807, 2.05) is 11.3 Å². The summed E-state index contributed by atoms with van der Waals surface area (Å²) in [5, 5.41) is 4.90. The highest BCUT2D eigenvalue weighted by Crippen LogP contribution is 2.53. The van der Waals surface area contributed by atoms with Gasteiger partial charge in [0.15, 0.2) is 5.58 Å². The number of rotatable bonds is 4. The molecule has 2 aromatic heterocycles. The van der Waals surface area contributed by atoms with Crippen LogP contribution in [0.1, 0.15) is 25.0 Å². The minimum atomic E-state index is -0.188. The molecule has 0 saturated carbocycles. The Morgan fingerprint density at radius 1 is 0.521 bits per heavy atom. The van der Waals surface area contributed by atoms with Gasteiger partial charge in [-0.3, -0.25) is 0 Å². The Bertz CT molecular complexity index is 2660. The summed E-state index contributed by atoms with van der Waals surface area (Å²) in [6.07, 6.45) is 0. The molecule has 0 fully saturated rings. The molecule has 3 heteroatoms. The van der Waals surface area contributed by atoms with E-state index < -0.39 is 0 Å². The molecule has 0 atom stereocenters. The van der Waals surface area contributed by atoms with Crippen LogP contribution in [-0.2, 0) is 5.41 Å². The topological polar surface area (TPSA) is 16.4 Å². The third kappa shape index (κ3) is 3.92. The van der Waals surface area contributed by atoms with Crippen molar-refractivity contribution in [2.45, 2.75) is 19.3 Å². The molecule has 0 saturated heterocycles. The smallest absolute Gasteiger partial charge is 0.153 e. The predicted octanol–water partition coefficient (Wildman–Crippen LogP) is 13.4. The van der Waals surface area contributed by atoms with Gasteiger partial charge in [-0.25, -0.2) is 0 Å². The maximum atomic E-state index is 6.66. The number of hydrogen-bond acceptors (Lipinski definition) is 3. The van der Waals surface area contributed by atoms with Crippen LogP contribution < -0.4 is 4.90 Å². The van der Waals surface area contributed by atoms with Crippen LogP contribution in [0.3, 0.4) is 0 Å². The number of para-hydroxylation sites is 3. The fraction of sp³-hybridized carbons (Fsp3) is 0.0667. The quantitative estimate of drug-likeness (QED) is 0.192. The third-order valence-corrected chi connectivity index (χ3v) is 11.4. The second-order valence-electron chi connectivity index (χ2n) is 13.3. The molecular weight excluding hydrogens is 603 g/mol. The van der Waals surface area contributed by atoms with Crippen molar-refractivity contribution in [3.63, 3.8) is 0 Å². The summed E-state index contributed by atoms with van der Waals surface area (Å²) in [6.45, 7) is 4.75. The van der Waals surface area contributed by atoms with Crippen LogP contribution in [0.5, 0.6) is 0 Å². The van der Waals surface area contributed by atoms with E-state index in [2.05, 4.69) is 170 Å². The van der Waals surface area contributed by atoms with Crippen molar-refractivity contribution in [2.75, 3.05) is 4.90 Å². The molecule has 0 radical (unpaired) electrons. The number of benzene rings is 7. The lowest BCUT2D eigenvalue weighted by atomic mass is 9.81. The summed E-state index contributed by atoms with van der Waals surface area (Å²) >= 11 is 1.82. The first-order chi connectivity index (χ1) is 23.6. The van der Waals surface area contributed by atoms with Crippen molar-refractivity contribution >= 4 is 70.5 Å². The van der Waals surface area contributed by atoms with Crippen molar-refractivity contribution in [1.82, 2.24) is 0 Å². The highest BCUT2D eigenvalue weighted by atomic mass is 32.1. The predicted molar refractivity (Wildman–Crippen MR) is 204 cm³/mol. The normalized spacial score (nSPS) is 13.4. The van der Waals surface area contributed by atoms with E-state index in [-0.39, 0.29) is 5.41 Å². The molecule has 10 rings (SSSR count). The molecule has 9 aromatic rings. The standard InChI is InChI=1S/C45H31NOS/c1-45(2)38-25-28(36-27-37-34-17-10-12-20-41(34)48-44(37)43-42(36)35-18-9-11-19-40(35)47-43)21-23-32(38)33-24-22-31(26-39(33)45)46(29-13-5-3-6-14-29)30-15-7-4-8-16-30/h3-27H,1-2H3. The lowest BCUT2D eigenvalue weighted by molar-refractivity contribution is 0.660. The van der Waals surface area contributed by atoms with Gasteiger partial charge in [0, 0.05) is 48.7 Å². The minimum Gasteiger partial charge on any atom is -0.455 e. The van der Waals surface area contributed by atoms with Gasteiger partial charge in [0.05, 0.1) is 4.70 Å². The van der Waals surface area contributed by atoms with Crippen molar-refractivity contribution in [1.29, 1.82) is 0 Å². The third-order valence-electron chi connectivity index (χ3n) is 10.3. The fourth-order valence-electron chi connectivity index (χ4n) is 7.93. The number of anilines is 3. The van der Waals surface area contributed by atoms with Crippen molar-refractivity contribution < 1.29 is 4.42 Å². The molecule has 0 amide bonds. The molecule has 1 aliphatic carbocycles. The van der Waals surface area contributed by atoms with Crippen LogP contribution in [-0.4, -0.2) is 0 Å². The average molecular weight is 634 g/mol. The second-order valence-corrected chi connectivity index (χ2v) is 14.4. The van der Waals surface area contributed by atoms with Gasteiger partial charge in [0.25, 0.3) is 0 Å².